The normalized spacial score (nSPS) is 14.9. The second kappa shape index (κ2) is 10.1. The van der Waals surface area contributed by atoms with E-state index in [2.05, 4.69) is 16.7 Å². The number of carbonyl (C=O) groups is 1. The minimum Gasteiger partial charge on any atom is -0.383 e. The average Bonchev–Trinajstić information content (AvgIpc) is 3.21. The van der Waals surface area contributed by atoms with Crippen LogP contribution in [0.3, 0.4) is 0 Å². The molecule has 0 spiro atoms. The SMILES string of the molecule is CC/C(=C\c1cc(C)c(-c2ccc(NC(C)C)cc2F)cc1C)C(=O)NC1CCCC1. The van der Waals surface area contributed by atoms with Crippen LogP contribution in [0.5, 0.6) is 0 Å². The van der Waals surface area contributed by atoms with Gasteiger partial charge in [0.15, 0.2) is 0 Å². The Bertz CT molecular complexity index is 971. The van der Waals surface area contributed by atoms with Crippen LogP contribution in [0.4, 0.5) is 10.1 Å². The number of nitrogens with one attached hydrogen (secondary N) is 2. The summed E-state index contributed by atoms with van der Waals surface area (Å²) in [7, 11) is 0. The quantitative estimate of drug-likeness (QED) is 0.483. The Morgan fingerprint density at radius 1 is 1.10 bits per heavy atom. The molecular formula is C27H35FN2O. The summed E-state index contributed by atoms with van der Waals surface area (Å²) in [5.41, 5.74) is 6.09. The van der Waals surface area contributed by atoms with E-state index in [9.17, 15) is 9.18 Å². The van der Waals surface area contributed by atoms with Gasteiger partial charge in [0.1, 0.15) is 5.82 Å². The molecule has 1 amide bonds. The predicted molar refractivity (Wildman–Crippen MR) is 129 cm³/mol. The largest absolute Gasteiger partial charge is 0.383 e. The van der Waals surface area contributed by atoms with Crippen LogP contribution in [0.2, 0.25) is 0 Å². The van der Waals surface area contributed by atoms with Crippen molar-refractivity contribution in [3.05, 3.63) is 58.4 Å². The second-order valence-corrected chi connectivity index (χ2v) is 9.00. The van der Waals surface area contributed by atoms with Gasteiger partial charge in [0.25, 0.3) is 0 Å². The van der Waals surface area contributed by atoms with Crippen molar-refractivity contribution >= 4 is 17.7 Å². The number of rotatable bonds is 7. The van der Waals surface area contributed by atoms with E-state index in [4.69, 9.17) is 0 Å². The Hall–Kier alpha value is -2.62. The summed E-state index contributed by atoms with van der Waals surface area (Å²) < 4.78 is 14.9. The van der Waals surface area contributed by atoms with Crippen LogP contribution in [-0.2, 0) is 4.79 Å². The third kappa shape index (κ3) is 5.75. The summed E-state index contributed by atoms with van der Waals surface area (Å²) >= 11 is 0. The highest BCUT2D eigenvalue weighted by atomic mass is 19.1. The molecule has 0 unspecified atom stereocenters. The smallest absolute Gasteiger partial charge is 0.247 e. The summed E-state index contributed by atoms with van der Waals surface area (Å²) in [6.45, 7) is 10.1. The number of benzene rings is 2. The first kappa shape index (κ1) is 23.1. The summed E-state index contributed by atoms with van der Waals surface area (Å²) in [4.78, 5) is 12.7. The van der Waals surface area contributed by atoms with E-state index in [1.165, 1.54) is 12.8 Å². The van der Waals surface area contributed by atoms with Gasteiger partial charge in [-0.3, -0.25) is 4.79 Å². The van der Waals surface area contributed by atoms with Crippen molar-refractivity contribution in [1.82, 2.24) is 5.32 Å². The molecule has 0 atom stereocenters. The summed E-state index contributed by atoms with van der Waals surface area (Å²) in [5, 5.41) is 6.42. The van der Waals surface area contributed by atoms with E-state index in [1.807, 2.05) is 58.9 Å². The Morgan fingerprint density at radius 2 is 1.81 bits per heavy atom. The highest BCUT2D eigenvalue weighted by Crippen LogP contribution is 2.31. The fourth-order valence-corrected chi connectivity index (χ4v) is 4.30. The van der Waals surface area contributed by atoms with E-state index in [-0.39, 0.29) is 17.8 Å². The molecule has 1 aliphatic rings. The zero-order valence-electron chi connectivity index (χ0n) is 19.4. The fourth-order valence-electron chi connectivity index (χ4n) is 4.30. The fraction of sp³-hybridized carbons (Fsp3) is 0.444. The molecule has 3 nitrogen and oxygen atoms in total. The second-order valence-electron chi connectivity index (χ2n) is 9.00. The lowest BCUT2D eigenvalue weighted by atomic mass is 9.93. The van der Waals surface area contributed by atoms with Gasteiger partial charge in [0.05, 0.1) is 0 Å². The minimum atomic E-state index is -0.235. The van der Waals surface area contributed by atoms with Crippen molar-refractivity contribution < 1.29 is 9.18 Å². The number of amides is 1. The molecule has 31 heavy (non-hydrogen) atoms. The molecule has 0 bridgehead atoms. The molecule has 0 heterocycles. The van der Waals surface area contributed by atoms with E-state index in [0.717, 1.165) is 46.4 Å². The predicted octanol–water partition coefficient (Wildman–Crippen LogP) is 6.78. The first-order valence-electron chi connectivity index (χ1n) is 11.5. The molecule has 0 radical (unpaired) electrons. The van der Waals surface area contributed by atoms with E-state index >= 15 is 0 Å². The van der Waals surface area contributed by atoms with Crippen LogP contribution in [-0.4, -0.2) is 18.0 Å². The molecule has 2 aromatic carbocycles. The molecule has 166 valence electrons. The van der Waals surface area contributed by atoms with E-state index < -0.39 is 0 Å². The van der Waals surface area contributed by atoms with Gasteiger partial charge in [-0.25, -0.2) is 4.39 Å². The first-order valence-corrected chi connectivity index (χ1v) is 11.5. The zero-order valence-corrected chi connectivity index (χ0v) is 19.4. The zero-order chi connectivity index (χ0) is 22.5. The number of hydrogen-bond acceptors (Lipinski definition) is 2. The van der Waals surface area contributed by atoms with Crippen LogP contribution in [0.15, 0.2) is 35.9 Å². The first-order chi connectivity index (χ1) is 14.8. The van der Waals surface area contributed by atoms with Gasteiger partial charge in [-0.1, -0.05) is 31.9 Å². The van der Waals surface area contributed by atoms with Crippen molar-refractivity contribution in [2.24, 2.45) is 0 Å². The highest BCUT2D eigenvalue weighted by Gasteiger charge is 2.19. The lowest BCUT2D eigenvalue weighted by Gasteiger charge is -2.16. The summed E-state index contributed by atoms with van der Waals surface area (Å²) in [5.74, 6) is -0.198. The standard InChI is InChI=1S/C27H35FN2O/c1-6-20(27(31)30-22-9-7-8-10-22)15-21-13-19(5)25(14-18(21)4)24-12-11-23(16-26(24)28)29-17(2)3/h11-17,22,29H,6-10H2,1-5H3,(H,30,31)/b20-15+. The van der Waals surface area contributed by atoms with Gasteiger partial charge in [0.2, 0.25) is 5.91 Å². The van der Waals surface area contributed by atoms with Gasteiger partial charge < -0.3 is 10.6 Å². The van der Waals surface area contributed by atoms with Crippen LogP contribution in [0.25, 0.3) is 17.2 Å². The maximum atomic E-state index is 14.9. The van der Waals surface area contributed by atoms with Crippen LogP contribution < -0.4 is 10.6 Å². The number of hydrogen-bond donors (Lipinski definition) is 2. The molecule has 1 fully saturated rings. The van der Waals surface area contributed by atoms with Crippen molar-refractivity contribution in [2.45, 2.75) is 78.8 Å². The number of anilines is 1. The topological polar surface area (TPSA) is 41.1 Å². The monoisotopic (exact) mass is 422 g/mol. The van der Waals surface area contributed by atoms with Crippen LogP contribution in [0.1, 0.15) is 69.6 Å². The van der Waals surface area contributed by atoms with Gasteiger partial charge in [-0.05, 0) is 93.5 Å². The molecule has 4 heteroatoms. The lowest BCUT2D eigenvalue weighted by Crippen LogP contribution is -2.33. The number of carbonyl (C=O) groups excluding carboxylic acids is 1. The van der Waals surface area contributed by atoms with Gasteiger partial charge in [-0.15, -0.1) is 0 Å². The third-order valence-corrected chi connectivity index (χ3v) is 6.02. The number of aryl methyl sites for hydroxylation is 2. The number of halogens is 1. The van der Waals surface area contributed by atoms with Gasteiger partial charge in [-0.2, -0.15) is 0 Å². The van der Waals surface area contributed by atoms with Gasteiger partial charge in [0, 0.05) is 28.9 Å². The summed E-state index contributed by atoms with van der Waals surface area (Å²) in [6.07, 6.45) is 7.21. The molecule has 0 aromatic heterocycles. The third-order valence-electron chi connectivity index (χ3n) is 6.02. The van der Waals surface area contributed by atoms with Crippen molar-refractivity contribution in [2.75, 3.05) is 5.32 Å². The maximum absolute atomic E-state index is 14.9. The van der Waals surface area contributed by atoms with E-state index in [0.29, 0.717) is 18.0 Å². The Labute approximate surface area is 186 Å². The molecule has 0 aliphatic heterocycles. The van der Waals surface area contributed by atoms with Crippen molar-refractivity contribution in [3.8, 4) is 11.1 Å². The Balaban J connectivity index is 1.87. The molecule has 1 aliphatic carbocycles. The van der Waals surface area contributed by atoms with Crippen LogP contribution >= 0.6 is 0 Å². The van der Waals surface area contributed by atoms with Crippen molar-refractivity contribution in [3.63, 3.8) is 0 Å². The molecule has 0 saturated heterocycles. The molecule has 2 N–H and O–H groups in total. The molecule has 2 aromatic rings. The molecule has 3 rings (SSSR count). The molecular weight excluding hydrogens is 387 g/mol. The Morgan fingerprint density at radius 3 is 2.42 bits per heavy atom. The average molecular weight is 423 g/mol. The maximum Gasteiger partial charge on any atom is 0.247 e. The van der Waals surface area contributed by atoms with Crippen molar-refractivity contribution in [1.29, 1.82) is 0 Å². The Kier molecular flexibility index (Phi) is 7.53. The lowest BCUT2D eigenvalue weighted by molar-refractivity contribution is -0.118. The van der Waals surface area contributed by atoms with E-state index in [1.54, 1.807) is 6.07 Å². The minimum absolute atomic E-state index is 0.0369. The highest BCUT2D eigenvalue weighted by molar-refractivity contribution is 5.98. The van der Waals surface area contributed by atoms with Gasteiger partial charge >= 0.3 is 0 Å². The molecule has 1 saturated carbocycles. The van der Waals surface area contributed by atoms with Crippen LogP contribution in [0, 0.1) is 19.7 Å². The summed E-state index contributed by atoms with van der Waals surface area (Å²) in [6, 6.07) is 9.95.